The number of hydrogen-bond donors (Lipinski definition) is 6. The summed E-state index contributed by atoms with van der Waals surface area (Å²) in [4.78, 5) is 11.9. The molecule has 7 rings (SSSR count). The largest absolute Gasteiger partial charge is 0.490 e. The van der Waals surface area contributed by atoms with E-state index in [2.05, 4.69) is 50.9 Å². The maximum atomic E-state index is 11.5. The molecule has 3 aromatic carbocycles. The van der Waals surface area contributed by atoms with Gasteiger partial charge in [0.1, 0.15) is 49.1 Å². The molecule has 15 heteroatoms. The summed E-state index contributed by atoms with van der Waals surface area (Å²) in [5.74, 6) is 1.46. The van der Waals surface area contributed by atoms with Crippen LogP contribution in [0.3, 0.4) is 0 Å². The van der Waals surface area contributed by atoms with Crippen molar-refractivity contribution in [3.63, 3.8) is 0 Å². The number of piperidine rings is 2. The van der Waals surface area contributed by atoms with Crippen LogP contribution in [0.1, 0.15) is 79.9 Å². The minimum absolute atomic E-state index is 0.00100. The maximum absolute atomic E-state index is 11.5. The number of benzene rings is 3. The summed E-state index contributed by atoms with van der Waals surface area (Å²) < 4.78 is 37.6. The van der Waals surface area contributed by atoms with Crippen molar-refractivity contribution in [1.29, 1.82) is 0 Å². The van der Waals surface area contributed by atoms with E-state index in [4.69, 9.17) is 9.47 Å². The van der Waals surface area contributed by atoms with Gasteiger partial charge in [0.2, 0.25) is 16.0 Å². The van der Waals surface area contributed by atoms with Crippen molar-refractivity contribution in [3.05, 3.63) is 107 Å². The molecule has 1 aromatic heterocycles. The molecule has 2 fully saturated rings. The fourth-order valence-electron chi connectivity index (χ4n) is 7.69. The van der Waals surface area contributed by atoms with Crippen molar-refractivity contribution in [2.45, 2.75) is 88.6 Å². The van der Waals surface area contributed by atoms with E-state index in [9.17, 15) is 28.8 Å². The van der Waals surface area contributed by atoms with Crippen LogP contribution in [0.4, 0.5) is 11.6 Å². The molecule has 0 radical (unpaired) electrons. The highest BCUT2D eigenvalue weighted by Crippen LogP contribution is 2.47. The molecule has 288 valence electrons. The van der Waals surface area contributed by atoms with Gasteiger partial charge in [-0.25, -0.2) is 23.3 Å². The van der Waals surface area contributed by atoms with E-state index in [1.54, 1.807) is 6.07 Å². The van der Waals surface area contributed by atoms with E-state index in [-0.39, 0.29) is 24.1 Å². The van der Waals surface area contributed by atoms with Crippen molar-refractivity contribution in [2.24, 2.45) is 0 Å². The van der Waals surface area contributed by atoms with E-state index >= 15 is 0 Å². The number of aromatic nitrogens is 2. The first-order valence-electron chi connectivity index (χ1n) is 18.2. The molecule has 5 unspecified atom stereocenters. The Hall–Kier alpha value is -4.35. The summed E-state index contributed by atoms with van der Waals surface area (Å²) >= 11 is 0. The predicted octanol–water partition coefficient (Wildman–Crippen LogP) is 3.49. The molecular formula is C39H48N6O8S. The van der Waals surface area contributed by atoms with Crippen LogP contribution in [-0.2, 0) is 22.0 Å². The Labute approximate surface area is 315 Å². The number of aliphatic hydroxyl groups is 4. The van der Waals surface area contributed by atoms with Crippen LogP contribution in [0.5, 0.6) is 11.5 Å². The number of nitrogens with zero attached hydrogens (tertiary/aromatic N) is 4. The second-order valence-corrected chi connectivity index (χ2v) is 16.5. The normalized spacial score (nSPS) is 23.9. The number of anilines is 2. The third-order valence-corrected chi connectivity index (χ3v) is 11.2. The highest BCUT2D eigenvalue weighted by Gasteiger charge is 2.46. The average Bonchev–Trinajstić information content (AvgIpc) is 3.40. The van der Waals surface area contributed by atoms with Crippen LogP contribution in [0.15, 0.2) is 79.0 Å². The van der Waals surface area contributed by atoms with Crippen molar-refractivity contribution in [3.8, 4) is 11.5 Å². The van der Waals surface area contributed by atoms with E-state index in [0.29, 0.717) is 35.4 Å². The molecule has 4 aromatic rings. The van der Waals surface area contributed by atoms with Gasteiger partial charge in [-0.1, -0.05) is 50.2 Å². The highest BCUT2D eigenvalue weighted by molar-refractivity contribution is 7.91. The van der Waals surface area contributed by atoms with Crippen LogP contribution in [0.25, 0.3) is 0 Å². The molecule has 14 nitrogen and oxygen atoms in total. The predicted molar refractivity (Wildman–Crippen MR) is 202 cm³/mol. The zero-order chi connectivity index (χ0) is 38.2. The van der Waals surface area contributed by atoms with E-state index in [0.717, 1.165) is 54.8 Å². The summed E-state index contributed by atoms with van der Waals surface area (Å²) in [7, 11) is -3.48. The smallest absolute Gasteiger partial charge is 0.236 e. The first-order chi connectivity index (χ1) is 25.8. The van der Waals surface area contributed by atoms with Crippen LogP contribution in [0.2, 0.25) is 0 Å². The van der Waals surface area contributed by atoms with Gasteiger partial charge in [0.15, 0.2) is 0 Å². The lowest BCUT2D eigenvalue weighted by Crippen LogP contribution is -2.57. The lowest BCUT2D eigenvalue weighted by atomic mass is 9.78. The van der Waals surface area contributed by atoms with Gasteiger partial charge in [0.25, 0.3) is 0 Å². The highest BCUT2D eigenvalue weighted by atomic mass is 32.2. The Balaban J connectivity index is 0.930. The van der Waals surface area contributed by atoms with Gasteiger partial charge in [-0.05, 0) is 60.4 Å². The Morgan fingerprint density at radius 3 is 2.19 bits per heavy atom. The molecule has 0 amide bonds. The zero-order valence-electron chi connectivity index (χ0n) is 30.5. The Morgan fingerprint density at radius 1 is 0.870 bits per heavy atom. The molecule has 0 saturated carbocycles. The standard InChI is InChI=1S/C39H48N6O8S/c1-39(2,24-7-11-27(12-8-24)52-23-26-17-20-40-38(41-26)43-54(3,50)51)25-9-13-28(14-10-25)53-29-18-21-44(22-19-29)31-6-4-5-30-34(31)37(49)45(36(30)48)32-15-16-33(46)42-35(32)47/h4-14,17,20,29,32-33,35-37,42,46-49H,15-16,18-19,21-23H2,1-3H3,(H,40,41,43). The molecule has 0 bridgehead atoms. The molecule has 3 aliphatic heterocycles. The second-order valence-electron chi connectivity index (χ2n) is 14.8. The Kier molecular flexibility index (Phi) is 10.8. The summed E-state index contributed by atoms with van der Waals surface area (Å²) in [6, 6.07) is 22.9. The first-order valence-corrected chi connectivity index (χ1v) is 20.1. The number of nitrogens with one attached hydrogen (secondary N) is 2. The van der Waals surface area contributed by atoms with Crippen molar-refractivity contribution < 1.29 is 38.3 Å². The third-order valence-electron chi connectivity index (χ3n) is 10.7. The number of fused-ring (bicyclic) bond motifs is 1. The second kappa shape index (κ2) is 15.4. The van der Waals surface area contributed by atoms with E-state index in [1.165, 1.54) is 11.1 Å². The average molecular weight is 761 g/mol. The molecule has 3 aliphatic rings. The minimum atomic E-state index is -3.48. The molecule has 0 aliphatic carbocycles. The summed E-state index contributed by atoms with van der Waals surface area (Å²) in [6.07, 6.45) is 0.896. The van der Waals surface area contributed by atoms with Crippen molar-refractivity contribution in [1.82, 2.24) is 20.2 Å². The van der Waals surface area contributed by atoms with Gasteiger partial charge in [-0.3, -0.25) is 10.0 Å². The minimum Gasteiger partial charge on any atom is -0.490 e. The lowest BCUT2D eigenvalue weighted by Gasteiger charge is -2.40. The van der Waals surface area contributed by atoms with E-state index in [1.807, 2.05) is 54.6 Å². The number of sulfonamides is 1. The fraction of sp³-hybridized carbons (Fsp3) is 0.436. The molecule has 5 atom stereocenters. The summed E-state index contributed by atoms with van der Waals surface area (Å²) in [5.41, 5.74) is 4.64. The Bertz CT molecular complexity index is 2030. The monoisotopic (exact) mass is 760 g/mol. The number of aliphatic hydroxyl groups excluding tert-OH is 4. The molecule has 6 N–H and O–H groups in total. The van der Waals surface area contributed by atoms with Gasteiger partial charge in [0, 0.05) is 54.4 Å². The van der Waals surface area contributed by atoms with Gasteiger partial charge < -0.3 is 34.8 Å². The van der Waals surface area contributed by atoms with Crippen LogP contribution in [0, 0.1) is 0 Å². The van der Waals surface area contributed by atoms with Gasteiger partial charge in [-0.15, -0.1) is 0 Å². The molecule has 0 spiro atoms. The van der Waals surface area contributed by atoms with E-state index < -0.39 is 41.0 Å². The quantitative estimate of drug-likeness (QED) is 0.131. The van der Waals surface area contributed by atoms with Gasteiger partial charge >= 0.3 is 0 Å². The third kappa shape index (κ3) is 8.17. The topological polar surface area (TPSA) is 190 Å². The van der Waals surface area contributed by atoms with Crippen LogP contribution in [-0.4, -0.2) is 87.7 Å². The molecule has 2 saturated heterocycles. The first kappa shape index (κ1) is 37.9. The van der Waals surface area contributed by atoms with Crippen molar-refractivity contribution >= 4 is 21.7 Å². The van der Waals surface area contributed by atoms with Gasteiger partial charge in [0.05, 0.1) is 18.0 Å². The SMILES string of the molecule is CC(C)(c1ccc(OCc2ccnc(NS(C)(=O)=O)n2)cc1)c1ccc(OC2CCN(c3cccc4c3C(O)N(C3CCC(O)NC3O)C4O)CC2)cc1. The molecule has 54 heavy (non-hydrogen) atoms. The van der Waals surface area contributed by atoms with Crippen LogP contribution < -0.4 is 24.4 Å². The Morgan fingerprint density at radius 2 is 1.54 bits per heavy atom. The fourth-order valence-corrected chi connectivity index (χ4v) is 8.12. The lowest BCUT2D eigenvalue weighted by molar-refractivity contribution is -0.159. The molecule has 4 heterocycles. The number of ether oxygens (including phenoxy) is 2. The summed E-state index contributed by atoms with van der Waals surface area (Å²) in [6.45, 7) is 5.92. The maximum Gasteiger partial charge on any atom is 0.236 e. The van der Waals surface area contributed by atoms with Gasteiger partial charge in [-0.2, -0.15) is 0 Å². The molecular weight excluding hydrogens is 713 g/mol. The summed E-state index contributed by atoms with van der Waals surface area (Å²) in [5, 5.41) is 45.9. The van der Waals surface area contributed by atoms with Crippen LogP contribution >= 0.6 is 0 Å². The zero-order valence-corrected chi connectivity index (χ0v) is 31.4. The number of rotatable bonds is 11. The van der Waals surface area contributed by atoms with Crippen molar-refractivity contribution in [2.75, 3.05) is 29.0 Å². The number of hydrogen-bond acceptors (Lipinski definition) is 13.